The average molecular weight is 237 g/mol. The van der Waals surface area contributed by atoms with Crippen LogP contribution in [0.4, 0.5) is 0 Å². The van der Waals surface area contributed by atoms with E-state index in [4.69, 9.17) is 10.1 Å². The third-order valence-corrected chi connectivity index (χ3v) is 3.14. The molecular weight excluding hydrogens is 218 g/mol. The molecule has 0 bridgehead atoms. The van der Waals surface area contributed by atoms with E-state index in [0.29, 0.717) is 5.04 Å². The van der Waals surface area contributed by atoms with E-state index in [1.54, 1.807) is 7.11 Å². The Morgan fingerprint density at radius 1 is 1.31 bits per heavy atom. The molecule has 0 aliphatic carbocycles. The Balaban J connectivity index is 3.27. The molecule has 0 spiro atoms. The standard InChI is InChI=1S/C13H19NOS/c1-13(2,3)9-6-7-11(15-4)10(8-9)12(14)16-5/h6-8,14H,1-5H3. The zero-order valence-corrected chi connectivity index (χ0v) is 11.4. The topological polar surface area (TPSA) is 33.1 Å². The second-order valence-corrected chi connectivity index (χ2v) is 5.51. The molecule has 0 fully saturated rings. The van der Waals surface area contributed by atoms with Crippen molar-refractivity contribution in [1.82, 2.24) is 0 Å². The van der Waals surface area contributed by atoms with Crippen LogP contribution in [0.1, 0.15) is 31.9 Å². The van der Waals surface area contributed by atoms with Gasteiger partial charge in [0.2, 0.25) is 0 Å². The summed E-state index contributed by atoms with van der Waals surface area (Å²) in [5.41, 5.74) is 2.20. The lowest BCUT2D eigenvalue weighted by Gasteiger charge is -2.21. The number of hydrogen-bond acceptors (Lipinski definition) is 3. The second-order valence-electron chi connectivity index (χ2n) is 4.70. The third kappa shape index (κ3) is 2.79. The zero-order chi connectivity index (χ0) is 12.3. The van der Waals surface area contributed by atoms with E-state index in [9.17, 15) is 0 Å². The maximum Gasteiger partial charge on any atom is 0.128 e. The van der Waals surface area contributed by atoms with Crippen LogP contribution in [0, 0.1) is 5.41 Å². The zero-order valence-electron chi connectivity index (χ0n) is 10.5. The van der Waals surface area contributed by atoms with Gasteiger partial charge in [0.05, 0.1) is 12.2 Å². The highest BCUT2D eigenvalue weighted by Crippen LogP contribution is 2.29. The number of ether oxygens (including phenoxy) is 1. The monoisotopic (exact) mass is 237 g/mol. The molecule has 1 aromatic rings. The number of rotatable bonds is 2. The van der Waals surface area contributed by atoms with Crippen LogP contribution in [0.2, 0.25) is 0 Å². The quantitative estimate of drug-likeness (QED) is 0.628. The first-order chi connectivity index (χ1) is 7.40. The van der Waals surface area contributed by atoms with Crippen molar-refractivity contribution in [3.05, 3.63) is 29.3 Å². The summed E-state index contributed by atoms with van der Waals surface area (Å²) in [7, 11) is 1.64. The number of nitrogens with one attached hydrogen (secondary N) is 1. The van der Waals surface area contributed by atoms with Gasteiger partial charge >= 0.3 is 0 Å². The summed E-state index contributed by atoms with van der Waals surface area (Å²) in [6, 6.07) is 6.06. The van der Waals surface area contributed by atoms with Gasteiger partial charge in [0.15, 0.2) is 0 Å². The molecule has 1 rings (SSSR count). The maximum absolute atomic E-state index is 7.91. The summed E-state index contributed by atoms with van der Waals surface area (Å²) in [6.07, 6.45) is 1.91. The molecule has 2 nitrogen and oxygen atoms in total. The molecule has 0 aromatic heterocycles. The van der Waals surface area contributed by atoms with E-state index in [0.717, 1.165) is 11.3 Å². The Labute approximate surface area is 102 Å². The summed E-state index contributed by atoms with van der Waals surface area (Å²) < 4.78 is 5.28. The summed E-state index contributed by atoms with van der Waals surface area (Å²) in [6.45, 7) is 6.50. The van der Waals surface area contributed by atoms with Crippen LogP contribution in [-0.2, 0) is 5.41 Å². The highest BCUT2D eigenvalue weighted by molar-refractivity contribution is 8.13. The maximum atomic E-state index is 7.91. The normalized spacial score (nSPS) is 11.3. The highest BCUT2D eigenvalue weighted by Gasteiger charge is 2.17. The molecule has 1 N–H and O–H groups in total. The van der Waals surface area contributed by atoms with Crippen molar-refractivity contribution in [2.24, 2.45) is 0 Å². The smallest absolute Gasteiger partial charge is 0.128 e. The summed E-state index contributed by atoms with van der Waals surface area (Å²) in [4.78, 5) is 0. The summed E-state index contributed by atoms with van der Waals surface area (Å²) >= 11 is 1.43. The SMILES string of the molecule is COc1ccc(C(C)(C)C)cc1C(=N)SC. The van der Waals surface area contributed by atoms with Gasteiger partial charge in [0, 0.05) is 5.56 Å². The van der Waals surface area contributed by atoms with Gasteiger partial charge < -0.3 is 4.74 Å². The molecule has 0 saturated heterocycles. The Kier molecular flexibility index (Phi) is 4.03. The molecule has 0 saturated carbocycles. The lowest BCUT2D eigenvalue weighted by molar-refractivity contribution is 0.413. The van der Waals surface area contributed by atoms with Gasteiger partial charge in [-0.15, -0.1) is 11.8 Å². The van der Waals surface area contributed by atoms with Crippen LogP contribution in [-0.4, -0.2) is 18.4 Å². The minimum absolute atomic E-state index is 0.0969. The molecule has 3 heteroatoms. The van der Waals surface area contributed by atoms with Gasteiger partial charge in [-0.2, -0.15) is 0 Å². The fraction of sp³-hybridized carbons (Fsp3) is 0.462. The molecule has 0 amide bonds. The van der Waals surface area contributed by atoms with Crippen molar-refractivity contribution >= 4 is 16.8 Å². The summed E-state index contributed by atoms with van der Waals surface area (Å²) in [5, 5.41) is 8.45. The van der Waals surface area contributed by atoms with E-state index >= 15 is 0 Å². The molecule has 0 unspecified atom stereocenters. The Morgan fingerprint density at radius 3 is 2.38 bits per heavy atom. The number of benzene rings is 1. The van der Waals surface area contributed by atoms with Gasteiger partial charge in [-0.1, -0.05) is 26.8 Å². The van der Waals surface area contributed by atoms with E-state index in [1.165, 1.54) is 17.3 Å². The van der Waals surface area contributed by atoms with E-state index in [1.807, 2.05) is 12.3 Å². The number of hydrogen-bond donors (Lipinski definition) is 1. The van der Waals surface area contributed by atoms with E-state index in [-0.39, 0.29) is 5.41 Å². The number of thioether (sulfide) groups is 1. The average Bonchev–Trinajstić information content (AvgIpc) is 2.25. The predicted molar refractivity (Wildman–Crippen MR) is 72.0 cm³/mol. The predicted octanol–water partition coefficient (Wildman–Crippen LogP) is 3.68. The molecule has 0 aliphatic heterocycles. The molecular formula is C13H19NOS. The lowest BCUT2D eigenvalue weighted by atomic mass is 9.86. The highest BCUT2D eigenvalue weighted by atomic mass is 32.2. The van der Waals surface area contributed by atoms with Crippen LogP contribution in [0.15, 0.2) is 18.2 Å². The molecule has 88 valence electrons. The van der Waals surface area contributed by atoms with Crippen LogP contribution in [0.5, 0.6) is 5.75 Å². The largest absolute Gasteiger partial charge is 0.496 e. The molecule has 16 heavy (non-hydrogen) atoms. The lowest BCUT2D eigenvalue weighted by Crippen LogP contribution is -2.12. The van der Waals surface area contributed by atoms with Crippen molar-refractivity contribution in [3.63, 3.8) is 0 Å². The Bertz CT molecular complexity index is 393. The van der Waals surface area contributed by atoms with Gasteiger partial charge in [-0.25, -0.2) is 0 Å². The van der Waals surface area contributed by atoms with E-state index < -0.39 is 0 Å². The molecule has 0 atom stereocenters. The number of methoxy groups -OCH3 is 1. The van der Waals surface area contributed by atoms with Gasteiger partial charge in [0.25, 0.3) is 0 Å². The van der Waals surface area contributed by atoms with Crippen molar-refractivity contribution in [1.29, 1.82) is 5.41 Å². The first-order valence-electron chi connectivity index (χ1n) is 5.21. The third-order valence-electron chi connectivity index (χ3n) is 2.51. The van der Waals surface area contributed by atoms with Crippen LogP contribution < -0.4 is 4.74 Å². The van der Waals surface area contributed by atoms with Crippen molar-refractivity contribution < 1.29 is 4.74 Å². The molecule has 1 aromatic carbocycles. The molecule has 0 radical (unpaired) electrons. The minimum atomic E-state index is 0.0969. The fourth-order valence-electron chi connectivity index (χ4n) is 1.46. The summed E-state index contributed by atoms with van der Waals surface area (Å²) in [5.74, 6) is 0.771. The van der Waals surface area contributed by atoms with Crippen molar-refractivity contribution in [2.45, 2.75) is 26.2 Å². The first-order valence-corrected chi connectivity index (χ1v) is 6.44. The first kappa shape index (κ1) is 13.1. The van der Waals surface area contributed by atoms with Crippen LogP contribution in [0.3, 0.4) is 0 Å². The molecule has 0 heterocycles. The van der Waals surface area contributed by atoms with Crippen molar-refractivity contribution in [3.8, 4) is 5.75 Å². The van der Waals surface area contributed by atoms with Gasteiger partial charge in [-0.05, 0) is 29.4 Å². The van der Waals surface area contributed by atoms with E-state index in [2.05, 4.69) is 32.9 Å². The Hall–Kier alpha value is -0.960. The van der Waals surface area contributed by atoms with Crippen LogP contribution in [0.25, 0.3) is 0 Å². The van der Waals surface area contributed by atoms with Crippen molar-refractivity contribution in [2.75, 3.05) is 13.4 Å². The Morgan fingerprint density at radius 2 is 1.94 bits per heavy atom. The van der Waals surface area contributed by atoms with Crippen LogP contribution >= 0.6 is 11.8 Å². The van der Waals surface area contributed by atoms with Gasteiger partial charge in [-0.3, -0.25) is 5.41 Å². The minimum Gasteiger partial charge on any atom is -0.496 e. The fourth-order valence-corrected chi connectivity index (χ4v) is 1.84. The second kappa shape index (κ2) is 4.91. The van der Waals surface area contributed by atoms with Gasteiger partial charge in [0.1, 0.15) is 5.75 Å². The molecule has 0 aliphatic rings.